The molecule has 4 rings (SSSR count). The molecule has 1 aromatic heterocycles. The number of benzene rings is 2. The number of thiazole rings is 1. The lowest BCUT2D eigenvalue weighted by molar-refractivity contribution is -0.134. The number of fused-ring (bicyclic) bond motifs is 1. The highest BCUT2D eigenvalue weighted by Crippen LogP contribution is 2.33. The lowest BCUT2D eigenvalue weighted by Crippen LogP contribution is -2.41. The number of carbonyl (C=O) groups excluding carboxylic acids is 1. The van der Waals surface area contributed by atoms with E-state index in [0.29, 0.717) is 18.8 Å². The van der Waals surface area contributed by atoms with Gasteiger partial charge in [-0.15, -0.1) is 11.3 Å². The molecule has 1 aliphatic heterocycles. The molecule has 2 aromatic carbocycles. The number of piperidine rings is 1. The molecule has 0 N–H and O–H groups in total. The Balaban J connectivity index is 1.39. The van der Waals surface area contributed by atoms with Crippen LogP contribution in [-0.4, -0.2) is 35.5 Å². The zero-order valence-corrected chi connectivity index (χ0v) is 16.1. The van der Waals surface area contributed by atoms with E-state index in [2.05, 4.69) is 6.07 Å². The van der Waals surface area contributed by atoms with Gasteiger partial charge >= 0.3 is 0 Å². The summed E-state index contributed by atoms with van der Waals surface area (Å²) < 4.78 is 19.9. The highest BCUT2D eigenvalue weighted by Gasteiger charge is 2.27. The minimum atomic E-state index is -0.509. The van der Waals surface area contributed by atoms with Crippen molar-refractivity contribution in [1.82, 2.24) is 9.88 Å². The molecule has 1 aliphatic rings. The molecule has 2 heterocycles. The van der Waals surface area contributed by atoms with Crippen LogP contribution >= 0.6 is 22.9 Å². The topological polar surface area (TPSA) is 42.4 Å². The van der Waals surface area contributed by atoms with Crippen molar-refractivity contribution < 1.29 is 13.9 Å². The molecule has 0 spiro atoms. The van der Waals surface area contributed by atoms with Gasteiger partial charge in [0.15, 0.2) is 6.61 Å². The molecule has 0 bridgehead atoms. The third kappa shape index (κ3) is 4.06. The van der Waals surface area contributed by atoms with E-state index in [1.165, 1.54) is 22.9 Å². The lowest BCUT2D eigenvalue weighted by Gasteiger charge is -2.31. The maximum atomic E-state index is 13.2. The molecule has 0 aliphatic carbocycles. The van der Waals surface area contributed by atoms with E-state index in [9.17, 15) is 9.18 Å². The van der Waals surface area contributed by atoms with Crippen molar-refractivity contribution in [3.63, 3.8) is 0 Å². The van der Waals surface area contributed by atoms with Gasteiger partial charge in [-0.2, -0.15) is 0 Å². The minimum absolute atomic E-state index is 0.0196. The monoisotopic (exact) mass is 404 g/mol. The summed E-state index contributed by atoms with van der Waals surface area (Å²) in [6, 6.07) is 12.2. The Morgan fingerprint density at radius 3 is 3.00 bits per heavy atom. The smallest absolute Gasteiger partial charge is 0.260 e. The summed E-state index contributed by atoms with van der Waals surface area (Å²) in [6.45, 7) is 1.27. The van der Waals surface area contributed by atoms with Crippen LogP contribution in [0.4, 0.5) is 4.39 Å². The van der Waals surface area contributed by atoms with Crippen molar-refractivity contribution in [2.75, 3.05) is 19.7 Å². The van der Waals surface area contributed by atoms with Crippen LogP contribution in [0.1, 0.15) is 23.8 Å². The van der Waals surface area contributed by atoms with Crippen LogP contribution in [0.5, 0.6) is 5.75 Å². The maximum Gasteiger partial charge on any atom is 0.260 e. The van der Waals surface area contributed by atoms with Crippen molar-refractivity contribution in [3.05, 3.63) is 58.3 Å². The van der Waals surface area contributed by atoms with Crippen LogP contribution in [0.15, 0.2) is 42.5 Å². The molecule has 1 saturated heterocycles. The number of aromatic nitrogens is 1. The van der Waals surface area contributed by atoms with Gasteiger partial charge in [-0.3, -0.25) is 4.79 Å². The van der Waals surface area contributed by atoms with E-state index in [1.54, 1.807) is 11.3 Å². The Kier molecular flexibility index (Phi) is 5.27. The zero-order chi connectivity index (χ0) is 18.8. The van der Waals surface area contributed by atoms with Gasteiger partial charge in [-0.05, 0) is 37.1 Å². The van der Waals surface area contributed by atoms with E-state index in [-0.39, 0.29) is 23.5 Å². The highest BCUT2D eigenvalue weighted by molar-refractivity contribution is 7.18. The predicted octanol–water partition coefficient (Wildman–Crippen LogP) is 4.87. The normalized spacial score (nSPS) is 17.3. The van der Waals surface area contributed by atoms with Gasteiger partial charge in [0.1, 0.15) is 11.6 Å². The van der Waals surface area contributed by atoms with Gasteiger partial charge in [0.05, 0.1) is 20.2 Å². The largest absolute Gasteiger partial charge is 0.484 e. The molecule has 140 valence electrons. The molecule has 0 radical (unpaired) electrons. The van der Waals surface area contributed by atoms with Crippen molar-refractivity contribution in [2.24, 2.45) is 0 Å². The Hall–Kier alpha value is -2.18. The molecule has 27 heavy (non-hydrogen) atoms. The Bertz CT molecular complexity index is 945. The molecule has 0 saturated carbocycles. The molecule has 0 unspecified atom stereocenters. The first-order valence-electron chi connectivity index (χ1n) is 8.81. The summed E-state index contributed by atoms with van der Waals surface area (Å²) in [7, 11) is 0. The van der Waals surface area contributed by atoms with E-state index in [4.69, 9.17) is 21.3 Å². The van der Waals surface area contributed by atoms with E-state index in [1.807, 2.05) is 23.1 Å². The van der Waals surface area contributed by atoms with Crippen LogP contribution < -0.4 is 4.74 Å². The van der Waals surface area contributed by atoms with Crippen molar-refractivity contribution >= 4 is 39.1 Å². The van der Waals surface area contributed by atoms with E-state index < -0.39 is 5.82 Å². The van der Waals surface area contributed by atoms with Crippen LogP contribution in [-0.2, 0) is 4.79 Å². The fourth-order valence-electron chi connectivity index (χ4n) is 3.27. The number of amides is 1. The fraction of sp³-hybridized carbons (Fsp3) is 0.300. The summed E-state index contributed by atoms with van der Waals surface area (Å²) in [6.07, 6.45) is 1.97. The number of halogens is 2. The number of nitrogens with zero attached hydrogens (tertiary/aromatic N) is 2. The second-order valence-electron chi connectivity index (χ2n) is 6.56. The average molecular weight is 405 g/mol. The van der Waals surface area contributed by atoms with Gasteiger partial charge < -0.3 is 9.64 Å². The fourth-order valence-corrected chi connectivity index (χ4v) is 4.54. The summed E-state index contributed by atoms with van der Waals surface area (Å²) in [4.78, 5) is 19.1. The highest BCUT2D eigenvalue weighted by atomic mass is 35.5. The first-order valence-corrected chi connectivity index (χ1v) is 10.0. The van der Waals surface area contributed by atoms with E-state index >= 15 is 0 Å². The van der Waals surface area contributed by atoms with E-state index in [0.717, 1.165) is 23.4 Å². The molecule has 1 fully saturated rings. The first-order chi connectivity index (χ1) is 13.1. The first kappa shape index (κ1) is 18.2. The molecular formula is C20H18ClFN2O2S. The number of para-hydroxylation sites is 1. The number of likely N-dealkylation sites (tertiary alicyclic amines) is 1. The molecule has 7 heteroatoms. The van der Waals surface area contributed by atoms with Crippen LogP contribution in [0.3, 0.4) is 0 Å². The van der Waals surface area contributed by atoms with Gasteiger partial charge in [-0.1, -0.05) is 23.7 Å². The SMILES string of the molecule is O=C(COc1ccc(F)c(Cl)c1)N1CCC[C@@H](c2nc3ccccc3s2)C1. The number of hydrogen-bond acceptors (Lipinski definition) is 4. The second-order valence-corrected chi connectivity index (χ2v) is 8.03. The average Bonchev–Trinajstić information content (AvgIpc) is 3.13. The second kappa shape index (κ2) is 7.82. The van der Waals surface area contributed by atoms with Crippen molar-refractivity contribution in [2.45, 2.75) is 18.8 Å². The third-order valence-electron chi connectivity index (χ3n) is 4.69. The Morgan fingerprint density at radius 1 is 1.33 bits per heavy atom. The van der Waals surface area contributed by atoms with Gasteiger partial charge in [0.2, 0.25) is 0 Å². The maximum absolute atomic E-state index is 13.2. The summed E-state index contributed by atoms with van der Waals surface area (Å²) >= 11 is 7.44. The molecule has 1 atom stereocenters. The quantitative estimate of drug-likeness (QED) is 0.622. The number of rotatable bonds is 4. The number of hydrogen-bond donors (Lipinski definition) is 0. The van der Waals surface area contributed by atoms with Crippen molar-refractivity contribution in [1.29, 1.82) is 0 Å². The summed E-state index contributed by atoms with van der Waals surface area (Å²) in [5, 5.41) is 1.06. The predicted molar refractivity (Wildman–Crippen MR) is 105 cm³/mol. The van der Waals surface area contributed by atoms with Crippen LogP contribution in [0, 0.1) is 5.82 Å². The Morgan fingerprint density at radius 2 is 2.19 bits per heavy atom. The summed E-state index contributed by atoms with van der Waals surface area (Å²) in [5.41, 5.74) is 1.01. The minimum Gasteiger partial charge on any atom is -0.484 e. The van der Waals surface area contributed by atoms with Gasteiger partial charge in [0.25, 0.3) is 5.91 Å². The van der Waals surface area contributed by atoms with Crippen LogP contribution in [0.2, 0.25) is 5.02 Å². The lowest BCUT2D eigenvalue weighted by atomic mass is 9.99. The van der Waals surface area contributed by atoms with Crippen LogP contribution in [0.25, 0.3) is 10.2 Å². The van der Waals surface area contributed by atoms with Crippen molar-refractivity contribution in [3.8, 4) is 5.75 Å². The summed E-state index contributed by atoms with van der Waals surface area (Å²) in [5.74, 6) is 0.0427. The number of carbonyl (C=O) groups is 1. The Labute approximate surface area is 165 Å². The molecule has 1 amide bonds. The van der Waals surface area contributed by atoms with Gasteiger partial charge in [0, 0.05) is 25.1 Å². The number of ether oxygens (including phenoxy) is 1. The van der Waals surface area contributed by atoms with Gasteiger partial charge in [-0.25, -0.2) is 9.37 Å². The zero-order valence-electron chi connectivity index (χ0n) is 14.5. The molecular weight excluding hydrogens is 387 g/mol. The molecule has 4 nitrogen and oxygen atoms in total. The third-order valence-corrected chi connectivity index (χ3v) is 6.18. The standard InChI is InChI=1S/C20H18ClFN2O2S/c21-15-10-14(7-8-16(15)22)26-12-19(25)24-9-3-4-13(11-24)20-23-17-5-1-2-6-18(17)27-20/h1-2,5-8,10,13H,3-4,9,11-12H2/t13-/m1/s1. The molecule has 3 aromatic rings.